The molecule has 0 atom stereocenters. The minimum atomic E-state index is -0.180. The molecule has 8 nitrogen and oxygen atoms in total. The van der Waals surface area contributed by atoms with E-state index in [1.807, 2.05) is 34.9 Å². The number of benzene rings is 2. The van der Waals surface area contributed by atoms with Crippen molar-refractivity contribution in [2.24, 2.45) is 0 Å². The Balaban J connectivity index is 1.44. The van der Waals surface area contributed by atoms with Crippen molar-refractivity contribution in [3.63, 3.8) is 0 Å². The van der Waals surface area contributed by atoms with Gasteiger partial charge in [-0.1, -0.05) is 36.0 Å². The van der Waals surface area contributed by atoms with E-state index in [2.05, 4.69) is 27.4 Å². The average Bonchev–Trinajstić information content (AvgIpc) is 3.37. The number of carbonyl (C=O) groups is 2. The highest BCUT2D eigenvalue weighted by Gasteiger charge is 2.18. The van der Waals surface area contributed by atoms with Crippen molar-refractivity contribution in [1.82, 2.24) is 14.8 Å². The lowest BCUT2D eigenvalue weighted by atomic mass is 10.2. The first-order valence-corrected chi connectivity index (χ1v) is 10.9. The van der Waals surface area contributed by atoms with Crippen LogP contribution in [0.15, 0.2) is 76.8 Å². The van der Waals surface area contributed by atoms with Gasteiger partial charge in [-0.15, -0.1) is 16.8 Å². The lowest BCUT2D eigenvalue weighted by Crippen LogP contribution is -2.14. The fourth-order valence-electron chi connectivity index (χ4n) is 3.13. The number of rotatable bonds is 8. The largest absolute Gasteiger partial charge is 0.453 e. The molecule has 9 heteroatoms. The SMILES string of the molecule is C=CCn1c(SCC(=O)Nc2ccc(NC(C)=O)cc2)nnc1-c1cc2ccccc2o1. The molecule has 2 amide bonds. The summed E-state index contributed by atoms with van der Waals surface area (Å²) < 4.78 is 7.79. The van der Waals surface area contributed by atoms with Gasteiger partial charge in [0.05, 0.1) is 5.75 Å². The van der Waals surface area contributed by atoms with Crippen LogP contribution >= 0.6 is 11.8 Å². The van der Waals surface area contributed by atoms with E-state index < -0.39 is 0 Å². The number of fused-ring (bicyclic) bond motifs is 1. The van der Waals surface area contributed by atoms with E-state index in [9.17, 15) is 9.59 Å². The molecular weight excluding hydrogens is 426 g/mol. The Hall–Kier alpha value is -3.85. The van der Waals surface area contributed by atoms with E-state index in [1.54, 1.807) is 30.3 Å². The van der Waals surface area contributed by atoms with Crippen LogP contribution in [0.2, 0.25) is 0 Å². The van der Waals surface area contributed by atoms with Gasteiger partial charge >= 0.3 is 0 Å². The van der Waals surface area contributed by atoms with Crippen LogP contribution in [0.5, 0.6) is 0 Å². The average molecular weight is 448 g/mol. The molecule has 0 bridgehead atoms. The number of nitrogens with one attached hydrogen (secondary N) is 2. The van der Waals surface area contributed by atoms with E-state index in [1.165, 1.54) is 18.7 Å². The maximum Gasteiger partial charge on any atom is 0.234 e. The number of amides is 2. The third-order valence-corrected chi connectivity index (χ3v) is 5.46. The molecule has 4 aromatic rings. The van der Waals surface area contributed by atoms with Gasteiger partial charge in [-0.25, -0.2) is 0 Å². The Kier molecular flexibility index (Phi) is 6.37. The summed E-state index contributed by atoms with van der Waals surface area (Å²) >= 11 is 1.28. The van der Waals surface area contributed by atoms with Gasteiger partial charge < -0.3 is 15.1 Å². The summed E-state index contributed by atoms with van der Waals surface area (Å²) in [5.41, 5.74) is 2.08. The van der Waals surface area contributed by atoms with Crippen molar-refractivity contribution in [2.45, 2.75) is 18.6 Å². The van der Waals surface area contributed by atoms with Crippen LogP contribution in [-0.4, -0.2) is 32.3 Å². The monoisotopic (exact) mass is 447 g/mol. The molecule has 0 aliphatic rings. The second-order valence-electron chi connectivity index (χ2n) is 6.95. The van der Waals surface area contributed by atoms with E-state index >= 15 is 0 Å². The highest BCUT2D eigenvalue weighted by atomic mass is 32.2. The zero-order chi connectivity index (χ0) is 22.5. The van der Waals surface area contributed by atoms with Gasteiger partial charge in [0, 0.05) is 30.2 Å². The zero-order valence-electron chi connectivity index (χ0n) is 17.4. The van der Waals surface area contributed by atoms with Crippen molar-refractivity contribution < 1.29 is 14.0 Å². The summed E-state index contributed by atoms with van der Waals surface area (Å²) in [5.74, 6) is 1.02. The molecule has 4 rings (SSSR count). The quantitative estimate of drug-likeness (QED) is 0.303. The molecule has 0 saturated carbocycles. The molecule has 0 fully saturated rings. The molecule has 0 saturated heterocycles. The minimum Gasteiger partial charge on any atom is -0.453 e. The van der Waals surface area contributed by atoms with Gasteiger partial charge in [-0.2, -0.15) is 0 Å². The molecule has 0 spiro atoms. The fourth-order valence-corrected chi connectivity index (χ4v) is 3.88. The van der Waals surface area contributed by atoms with Gasteiger partial charge in [-0.3, -0.25) is 14.2 Å². The molecule has 2 heterocycles. The van der Waals surface area contributed by atoms with Crippen molar-refractivity contribution in [1.29, 1.82) is 0 Å². The summed E-state index contributed by atoms with van der Waals surface area (Å²) in [7, 11) is 0. The molecule has 32 heavy (non-hydrogen) atoms. The predicted molar refractivity (Wildman–Crippen MR) is 126 cm³/mol. The number of hydrogen-bond donors (Lipinski definition) is 2. The van der Waals surface area contributed by atoms with Crippen LogP contribution < -0.4 is 10.6 Å². The topological polar surface area (TPSA) is 102 Å². The lowest BCUT2D eigenvalue weighted by molar-refractivity contribution is -0.114. The Labute approximate surface area is 188 Å². The molecule has 2 aromatic heterocycles. The number of anilines is 2. The number of hydrogen-bond acceptors (Lipinski definition) is 6. The van der Waals surface area contributed by atoms with Crippen molar-refractivity contribution in [3.05, 3.63) is 67.3 Å². The first-order valence-electron chi connectivity index (χ1n) is 9.87. The van der Waals surface area contributed by atoms with Gasteiger partial charge in [0.15, 0.2) is 10.9 Å². The summed E-state index contributed by atoms with van der Waals surface area (Å²) in [5, 5.41) is 15.6. The Morgan fingerprint density at radius 3 is 2.50 bits per heavy atom. The van der Waals surface area contributed by atoms with E-state index in [4.69, 9.17) is 4.42 Å². The van der Waals surface area contributed by atoms with Gasteiger partial charge in [-0.05, 0) is 36.4 Å². The summed E-state index contributed by atoms with van der Waals surface area (Å²) in [6, 6.07) is 16.6. The molecular formula is C23H21N5O3S. The molecule has 2 N–H and O–H groups in total. The smallest absolute Gasteiger partial charge is 0.234 e. The molecule has 0 aliphatic carbocycles. The highest BCUT2D eigenvalue weighted by molar-refractivity contribution is 7.99. The molecule has 162 valence electrons. The van der Waals surface area contributed by atoms with Crippen LogP contribution in [-0.2, 0) is 16.1 Å². The first-order chi connectivity index (χ1) is 15.5. The van der Waals surface area contributed by atoms with E-state index in [0.717, 1.165) is 11.0 Å². The van der Waals surface area contributed by atoms with Gasteiger partial charge in [0.25, 0.3) is 0 Å². The first kappa shape index (κ1) is 21.4. The summed E-state index contributed by atoms with van der Waals surface area (Å²) in [6.07, 6.45) is 1.75. The molecule has 2 aromatic carbocycles. The fraction of sp³-hybridized carbons (Fsp3) is 0.130. The van der Waals surface area contributed by atoms with Crippen LogP contribution in [0.3, 0.4) is 0 Å². The Morgan fingerprint density at radius 2 is 1.81 bits per heavy atom. The van der Waals surface area contributed by atoms with E-state index in [-0.39, 0.29) is 17.6 Å². The van der Waals surface area contributed by atoms with Crippen LogP contribution in [0.4, 0.5) is 11.4 Å². The van der Waals surface area contributed by atoms with Crippen molar-refractivity contribution in [2.75, 3.05) is 16.4 Å². The van der Waals surface area contributed by atoms with Crippen LogP contribution in [0.25, 0.3) is 22.6 Å². The summed E-state index contributed by atoms with van der Waals surface area (Å²) in [4.78, 5) is 23.5. The Bertz CT molecular complexity index is 1240. The summed E-state index contributed by atoms with van der Waals surface area (Å²) in [6.45, 7) is 5.73. The number of aromatic nitrogens is 3. The third kappa shape index (κ3) is 4.89. The molecule has 0 radical (unpaired) electrons. The standard InChI is InChI=1S/C23H21N5O3S/c1-3-12-28-22(20-13-16-6-4-5-7-19(16)31-20)26-27-23(28)32-14-21(30)25-18-10-8-17(9-11-18)24-15(2)29/h3-11,13H,1,12,14H2,2H3,(H,24,29)(H,25,30). The minimum absolute atomic E-state index is 0.149. The highest BCUT2D eigenvalue weighted by Crippen LogP contribution is 2.29. The van der Waals surface area contributed by atoms with Crippen LogP contribution in [0, 0.1) is 0 Å². The maximum absolute atomic E-state index is 12.4. The van der Waals surface area contributed by atoms with Crippen molar-refractivity contribution in [3.8, 4) is 11.6 Å². The predicted octanol–water partition coefficient (Wildman–Crippen LogP) is 4.57. The number of carbonyl (C=O) groups excluding carboxylic acids is 2. The van der Waals surface area contributed by atoms with Crippen molar-refractivity contribution >= 4 is 45.9 Å². The second-order valence-corrected chi connectivity index (χ2v) is 7.89. The number of thioether (sulfide) groups is 1. The third-order valence-electron chi connectivity index (χ3n) is 4.50. The number of nitrogens with zero attached hydrogens (tertiary/aromatic N) is 3. The maximum atomic E-state index is 12.4. The van der Waals surface area contributed by atoms with Crippen LogP contribution in [0.1, 0.15) is 6.92 Å². The van der Waals surface area contributed by atoms with E-state index in [0.29, 0.717) is 34.7 Å². The van der Waals surface area contributed by atoms with Gasteiger partial charge in [0.2, 0.25) is 17.6 Å². The number of furan rings is 1. The lowest BCUT2D eigenvalue weighted by Gasteiger charge is -2.08. The Morgan fingerprint density at radius 1 is 1.09 bits per heavy atom. The second kappa shape index (κ2) is 9.52. The molecule has 0 aliphatic heterocycles. The number of para-hydroxylation sites is 1. The van der Waals surface area contributed by atoms with Gasteiger partial charge in [0.1, 0.15) is 5.58 Å². The number of allylic oxidation sites excluding steroid dienone is 1. The molecule has 0 unspecified atom stereocenters. The zero-order valence-corrected chi connectivity index (χ0v) is 18.2. The normalized spacial score (nSPS) is 10.8.